The van der Waals surface area contributed by atoms with Gasteiger partial charge in [0.15, 0.2) is 0 Å². The Hall–Kier alpha value is -0.910. The van der Waals surface area contributed by atoms with Crippen molar-refractivity contribution in [1.82, 2.24) is 4.90 Å². The first-order chi connectivity index (χ1) is 8.45. The second-order valence-corrected chi connectivity index (χ2v) is 6.44. The Morgan fingerprint density at radius 2 is 2.22 bits per heavy atom. The molecule has 4 nitrogen and oxygen atoms in total. The van der Waals surface area contributed by atoms with Crippen LogP contribution in [-0.4, -0.2) is 40.8 Å². The van der Waals surface area contributed by atoms with Crippen LogP contribution < -0.4 is 0 Å². The van der Waals surface area contributed by atoms with Crippen LogP contribution in [0.3, 0.4) is 0 Å². The van der Waals surface area contributed by atoms with Crippen LogP contribution in [-0.2, 0) is 6.54 Å². The summed E-state index contributed by atoms with van der Waals surface area (Å²) in [5.74, 6) is -0.262. The van der Waals surface area contributed by atoms with Gasteiger partial charge in [-0.05, 0) is 44.4 Å². The second kappa shape index (κ2) is 5.38. The Labute approximate surface area is 111 Å². The van der Waals surface area contributed by atoms with E-state index in [1.165, 1.54) is 11.3 Å². The summed E-state index contributed by atoms with van der Waals surface area (Å²) in [5.41, 5.74) is 1.10. The second-order valence-electron chi connectivity index (χ2n) is 5.19. The van der Waals surface area contributed by atoms with E-state index in [0.29, 0.717) is 10.8 Å². The molecular formula is C13H19NO3S. The van der Waals surface area contributed by atoms with Gasteiger partial charge in [-0.3, -0.25) is 0 Å². The molecule has 0 saturated heterocycles. The number of aromatic carboxylic acids is 1. The number of carbonyl (C=O) groups is 1. The lowest BCUT2D eigenvalue weighted by Gasteiger charge is -2.34. The van der Waals surface area contributed by atoms with Gasteiger partial charge in [-0.15, -0.1) is 11.3 Å². The van der Waals surface area contributed by atoms with Gasteiger partial charge in [0.05, 0.1) is 6.10 Å². The molecule has 2 rings (SSSR count). The zero-order valence-electron chi connectivity index (χ0n) is 10.7. The van der Waals surface area contributed by atoms with Crippen LogP contribution in [0, 0.1) is 12.8 Å². The molecule has 0 spiro atoms. The van der Waals surface area contributed by atoms with Gasteiger partial charge in [0.1, 0.15) is 4.88 Å². The van der Waals surface area contributed by atoms with Gasteiger partial charge in [0, 0.05) is 18.0 Å². The van der Waals surface area contributed by atoms with E-state index in [0.717, 1.165) is 36.4 Å². The minimum atomic E-state index is -0.848. The first kappa shape index (κ1) is 13.5. The van der Waals surface area contributed by atoms with Crippen molar-refractivity contribution in [3.05, 3.63) is 21.4 Å². The highest BCUT2D eigenvalue weighted by molar-refractivity contribution is 7.14. The fourth-order valence-corrected chi connectivity index (χ4v) is 3.30. The Balaban J connectivity index is 1.90. The van der Waals surface area contributed by atoms with Crippen molar-refractivity contribution in [3.8, 4) is 0 Å². The third-order valence-electron chi connectivity index (χ3n) is 3.45. The first-order valence-corrected chi connectivity index (χ1v) is 6.96. The van der Waals surface area contributed by atoms with Gasteiger partial charge in [-0.1, -0.05) is 0 Å². The molecule has 1 aromatic rings. The SMILES string of the molecule is Cc1sc(C(=O)O)cc1CN(C)CC1CC(O)C1. The number of rotatable bonds is 5. The molecule has 2 N–H and O–H groups in total. The van der Waals surface area contributed by atoms with E-state index in [2.05, 4.69) is 4.90 Å². The quantitative estimate of drug-likeness (QED) is 0.858. The van der Waals surface area contributed by atoms with Gasteiger partial charge < -0.3 is 15.1 Å². The highest BCUT2D eigenvalue weighted by atomic mass is 32.1. The lowest BCUT2D eigenvalue weighted by molar-refractivity contribution is 0.0273. The van der Waals surface area contributed by atoms with Crippen molar-refractivity contribution < 1.29 is 15.0 Å². The van der Waals surface area contributed by atoms with E-state index in [4.69, 9.17) is 5.11 Å². The molecule has 100 valence electrons. The standard InChI is InChI=1S/C13H19NO3S/c1-8-10(5-12(18-8)13(16)17)7-14(2)6-9-3-11(15)4-9/h5,9,11,15H,3-4,6-7H2,1-2H3,(H,16,17). The molecule has 0 bridgehead atoms. The number of carboxylic acid groups (broad SMARTS) is 1. The monoisotopic (exact) mass is 269 g/mol. The summed E-state index contributed by atoms with van der Waals surface area (Å²) >= 11 is 1.34. The number of aryl methyl sites for hydroxylation is 1. The topological polar surface area (TPSA) is 60.8 Å². The minimum Gasteiger partial charge on any atom is -0.477 e. The summed E-state index contributed by atoms with van der Waals surface area (Å²) in [4.78, 5) is 14.6. The molecule has 18 heavy (non-hydrogen) atoms. The third kappa shape index (κ3) is 3.10. The van der Waals surface area contributed by atoms with Crippen LogP contribution in [0.4, 0.5) is 0 Å². The van der Waals surface area contributed by atoms with Gasteiger partial charge in [0.2, 0.25) is 0 Å². The molecule has 1 aliphatic rings. The molecule has 0 amide bonds. The molecule has 0 unspecified atom stereocenters. The maximum atomic E-state index is 10.9. The number of nitrogens with zero attached hydrogens (tertiary/aromatic N) is 1. The predicted molar refractivity (Wildman–Crippen MR) is 71.1 cm³/mol. The molecule has 1 heterocycles. The molecule has 0 aromatic carbocycles. The van der Waals surface area contributed by atoms with E-state index >= 15 is 0 Å². The molecule has 5 heteroatoms. The van der Waals surface area contributed by atoms with Crippen molar-refractivity contribution in [1.29, 1.82) is 0 Å². The fraction of sp³-hybridized carbons (Fsp3) is 0.615. The number of aliphatic hydroxyl groups excluding tert-OH is 1. The Bertz CT molecular complexity index is 437. The molecule has 0 atom stereocenters. The molecule has 1 aliphatic carbocycles. The van der Waals surface area contributed by atoms with Gasteiger partial charge in [0.25, 0.3) is 0 Å². The fourth-order valence-electron chi connectivity index (χ4n) is 2.43. The van der Waals surface area contributed by atoms with Crippen molar-refractivity contribution in [2.45, 2.75) is 32.4 Å². The Kier molecular flexibility index (Phi) is 4.04. The van der Waals surface area contributed by atoms with Crippen LogP contribution in [0.5, 0.6) is 0 Å². The highest BCUT2D eigenvalue weighted by Gasteiger charge is 2.28. The maximum absolute atomic E-state index is 10.9. The van der Waals surface area contributed by atoms with Crippen LogP contribution in [0.25, 0.3) is 0 Å². The molecule has 1 aromatic heterocycles. The Morgan fingerprint density at radius 3 is 2.72 bits per heavy atom. The Morgan fingerprint density at radius 1 is 1.56 bits per heavy atom. The predicted octanol–water partition coefficient (Wildman–Crippen LogP) is 1.96. The largest absolute Gasteiger partial charge is 0.477 e. The van der Waals surface area contributed by atoms with E-state index in [1.807, 2.05) is 14.0 Å². The van der Waals surface area contributed by atoms with Gasteiger partial charge >= 0.3 is 5.97 Å². The number of carboxylic acids is 1. The average Bonchev–Trinajstić information content (AvgIpc) is 2.58. The molecule has 0 radical (unpaired) electrons. The number of hydrogen-bond donors (Lipinski definition) is 2. The van der Waals surface area contributed by atoms with Crippen LogP contribution in [0.15, 0.2) is 6.07 Å². The highest BCUT2D eigenvalue weighted by Crippen LogP contribution is 2.29. The summed E-state index contributed by atoms with van der Waals surface area (Å²) in [5, 5.41) is 18.2. The maximum Gasteiger partial charge on any atom is 0.345 e. The normalized spacial score (nSPS) is 23.1. The average molecular weight is 269 g/mol. The lowest BCUT2D eigenvalue weighted by Crippen LogP contribution is -2.36. The van der Waals surface area contributed by atoms with E-state index in [1.54, 1.807) is 6.07 Å². The van der Waals surface area contributed by atoms with Crippen molar-refractivity contribution in [2.75, 3.05) is 13.6 Å². The summed E-state index contributed by atoms with van der Waals surface area (Å²) < 4.78 is 0. The van der Waals surface area contributed by atoms with Crippen molar-refractivity contribution in [2.24, 2.45) is 5.92 Å². The van der Waals surface area contributed by atoms with Gasteiger partial charge in [-0.25, -0.2) is 4.79 Å². The number of aliphatic hydroxyl groups is 1. The zero-order valence-corrected chi connectivity index (χ0v) is 11.5. The van der Waals surface area contributed by atoms with E-state index in [-0.39, 0.29) is 6.10 Å². The van der Waals surface area contributed by atoms with Crippen molar-refractivity contribution >= 4 is 17.3 Å². The van der Waals surface area contributed by atoms with Crippen LogP contribution in [0.2, 0.25) is 0 Å². The first-order valence-electron chi connectivity index (χ1n) is 6.15. The third-order valence-corrected chi connectivity index (χ3v) is 4.53. The van der Waals surface area contributed by atoms with E-state index in [9.17, 15) is 9.90 Å². The number of thiophene rings is 1. The number of hydrogen-bond acceptors (Lipinski definition) is 4. The van der Waals surface area contributed by atoms with Crippen LogP contribution >= 0.6 is 11.3 Å². The molecule has 0 aliphatic heterocycles. The summed E-state index contributed by atoms with van der Waals surface area (Å²) in [6.45, 7) is 3.71. The minimum absolute atomic E-state index is 0.107. The van der Waals surface area contributed by atoms with Crippen LogP contribution in [0.1, 0.15) is 33.0 Å². The summed E-state index contributed by atoms with van der Waals surface area (Å²) in [7, 11) is 2.04. The summed E-state index contributed by atoms with van der Waals surface area (Å²) in [6, 6.07) is 1.77. The lowest BCUT2D eigenvalue weighted by atomic mass is 9.82. The zero-order chi connectivity index (χ0) is 13.3. The van der Waals surface area contributed by atoms with Gasteiger partial charge in [-0.2, -0.15) is 0 Å². The molecule has 1 fully saturated rings. The smallest absolute Gasteiger partial charge is 0.345 e. The molecule has 1 saturated carbocycles. The summed E-state index contributed by atoms with van der Waals surface area (Å²) in [6.07, 6.45) is 1.69. The van der Waals surface area contributed by atoms with E-state index < -0.39 is 5.97 Å². The molecular weight excluding hydrogens is 250 g/mol. The van der Waals surface area contributed by atoms with Crippen molar-refractivity contribution in [3.63, 3.8) is 0 Å².